The van der Waals surface area contributed by atoms with Gasteiger partial charge in [0.15, 0.2) is 5.82 Å². The van der Waals surface area contributed by atoms with Gasteiger partial charge in [-0.25, -0.2) is 9.48 Å². The predicted octanol–water partition coefficient (Wildman–Crippen LogP) is 3.02. The third-order valence-electron chi connectivity index (χ3n) is 3.40. The average Bonchev–Trinajstić information content (AvgIpc) is 3.04. The Labute approximate surface area is 142 Å². The van der Waals surface area contributed by atoms with Crippen molar-refractivity contribution in [1.29, 1.82) is 0 Å². The Kier molecular flexibility index (Phi) is 5.58. The highest BCUT2D eigenvalue weighted by Gasteiger charge is 2.17. The highest BCUT2D eigenvalue weighted by atomic mass is 16.5. The summed E-state index contributed by atoms with van der Waals surface area (Å²) in [7, 11) is 1.69. The van der Waals surface area contributed by atoms with E-state index in [1.54, 1.807) is 11.7 Å². The van der Waals surface area contributed by atoms with Crippen molar-refractivity contribution in [3.8, 4) is 0 Å². The molecule has 0 saturated carbocycles. The molecule has 2 rings (SSSR count). The fraction of sp³-hybridized carbons (Fsp3) is 0.625. The number of aryl methyl sites for hydroxylation is 1. The Morgan fingerprint density at radius 3 is 2.71 bits per heavy atom. The van der Waals surface area contributed by atoms with Crippen LogP contribution in [0.25, 0.3) is 0 Å². The molecule has 0 saturated heterocycles. The minimum absolute atomic E-state index is 0.162. The standard InChI is InChI=1S/C16H26N6O2/c1-10(2)7-15-17-13(20-24-15)9-21(6)16(23)18-14-8-12(5)19-22(14)11(3)4/h8,10-11H,7,9H2,1-6H3,(H,18,23). The third kappa shape index (κ3) is 4.56. The molecule has 132 valence electrons. The summed E-state index contributed by atoms with van der Waals surface area (Å²) in [4.78, 5) is 18.2. The van der Waals surface area contributed by atoms with Crippen molar-refractivity contribution in [3.63, 3.8) is 0 Å². The van der Waals surface area contributed by atoms with E-state index in [0.717, 1.165) is 12.1 Å². The smallest absolute Gasteiger partial charge is 0.323 e. The molecule has 2 amide bonds. The van der Waals surface area contributed by atoms with Crippen molar-refractivity contribution < 1.29 is 9.32 Å². The van der Waals surface area contributed by atoms with E-state index in [1.807, 2.05) is 26.8 Å². The number of nitrogens with zero attached hydrogens (tertiary/aromatic N) is 5. The third-order valence-corrected chi connectivity index (χ3v) is 3.40. The van der Waals surface area contributed by atoms with Gasteiger partial charge in [-0.15, -0.1) is 0 Å². The Hall–Kier alpha value is -2.38. The monoisotopic (exact) mass is 334 g/mol. The van der Waals surface area contributed by atoms with Crippen molar-refractivity contribution in [2.45, 2.75) is 53.6 Å². The maximum Gasteiger partial charge on any atom is 0.323 e. The molecular weight excluding hydrogens is 308 g/mol. The molecule has 0 fully saturated rings. The van der Waals surface area contributed by atoms with Gasteiger partial charge in [-0.3, -0.25) is 5.32 Å². The Morgan fingerprint density at radius 1 is 1.38 bits per heavy atom. The van der Waals surface area contributed by atoms with Gasteiger partial charge in [0.25, 0.3) is 0 Å². The zero-order chi connectivity index (χ0) is 17.9. The van der Waals surface area contributed by atoms with Gasteiger partial charge in [0.2, 0.25) is 5.89 Å². The van der Waals surface area contributed by atoms with Crippen LogP contribution in [0.5, 0.6) is 0 Å². The number of nitrogens with one attached hydrogen (secondary N) is 1. The molecule has 0 atom stereocenters. The SMILES string of the molecule is Cc1cc(NC(=O)N(C)Cc2noc(CC(C)C)n2)n(C(C)C)n1. The van der Waals surface area contributed by atoms with Crippen LogP contribution in [0.1, 0.15) is 51.1 Å². The highest BCUT2D eigenvalue weighted by Crippen LogP contribution is 2.16. The van der Waals surface area contributed by atoms with Gasteiger partial charge >= 0.3 is 6.03 Å². The van der Waals surface area contributed by atoms with Gasteiger partial charge < -0.3 is 9.42 Å². The van der Waals surface area contributed by atoms with Crippen LogP contribution >= 0.6 is 0 Å². The molecule has 0 bridgehead atoms. The van der Waals surface area contributed by atoms with Crippen LogP contribution in [0.2, 0.25) is 0 Å². The van der Waals surface area contributed by atoms with Crippen LogP contribution in [0, 0.1) is 12.8 Å². The minimum Gasteiger partial charge on any atom is -0.339 e. The van der Waals surface area contributed by atoms with Gasteiger partial charge in [-0.2, -0.15) is 10.1 Å². The van der Waals surface area contributed by atoms with Crippen molar-refractivity contribution in [2.24, 2.45) is 5.92 Å². The number of rotatable bonds is 6. The first-order valence-corrected chi connectivity index (χ1v) is 8.16. The second-order valence-electron chi connectivity index (χ2n) is 6.70. The molecule has 8 heteroatoms. The summed E-state index contributed by atoms with van der Waals surface area (Å²) in [5, 5.41) is 11.2. The molecule has 0 aliphatic rings. The fourth-order valence-corrected chi connectivity index (χ4v) is 2.28. The highest BCUT2D eigenvalue weighted by molar-refractivity contribution is 5.88. The normalized spacial score (nSPS) is 11.3. The minimum atomic E-state index is -0.244. The first kappa shape index (κ1) is 18.0. The lowest BCUT2D eigenvalue weighted by atomic mass is 10.1. The molecule has 24 heavy (non-hydrogen) atoms. The van der Waals surface area contributed by atoms with Gasteiger partial charge in [0.05, 0.1) is 12.2 Å². The van der Waals surface area contributed by atoms with Crippen molar-refractivity contribution in [3.05, 3.63) is 23.5 Å². The molecule has 2 aromatic heterocycles. The molecule has 8 nitrogen and oxygen atoms in total. The molecule has 2 aromatic rings. The summed E-state index contributed by atoms with van der Waals surface area (Å²) in [6.45, 7) is 10.4. The Bertz CT molecular complexity index is 689. The zero-order valence-electron chi connectivity index (χ0n) is 15.2. The van der Waals surface area contributed by atoms with Crippen LogP contribution < -0.4 is 5.32 Å². The molecular formula is C16H26N6O2. The van der Waals surface area contributed by atoms with Crippen LogP contribution in [0.15, 0.2) is 10.6 Å². The average molecular weight is 334 g/mol. The maximum atomic E-state index is 12.4. The first-order valence-electron chi connectivity index (χ1n) is 8.16. The Balaban J connectivity index is 1.98. The van der Waals surface area contributed by atoms with E-state index in [1.165, 1.54) is 4.90 Å². The lowest BCUT2D eigenvalue weighted by Crippen LogP contribution is -2.32. The second-order valence-corrected chi connectivity index (χ2v) is 6.70. The van der Waals surface area contributed by atoms with Crippen LogP contribution in [0.3, 0.4) is 0 Å². The van der Waals surface area contributed by atoms with E-state index in [2.05, 4.69) is 34.4 Å². The van der Waals surface area contributed by atoms with E-state index in [4.69, 9.17) is 4.52 Å². The van der Waals surface area contributed by atoms with Gasteiger partial charge in [0.1, 0.15) is 5.82 Å². The molecule has 0 aromatic carbocycles. The van der Waals surface area contributed by atoms with E-state index >= 15 is 0 Å². The summed E-state index contributed by atoms with van der Waals surface area (Å²) >= 11 is 0. The summed E-state index contributed by atoms with van der Waals surface area (Å²) in [5.74, 6) is 2.21. The lowest BCUT2D eigenvalue weighted by molar-refractivity contribution is 0.218. The van der Waals surface area contributed by atoms with E-state index in [9.17, 15) is 4.79 Å². The summed E-state index contributed by atoms with van der Waals surface area (Å²) < 4.78 is 6.98. The number of carbonyl (C=O) groups excluding carboxylic acids is 1. The van der Waals surface area contributed by atoms with E-state index < -0.39 is 0 Å². The maximum absolute atomic E-state index is 12.4. The summed E-state index contributed by atoms with van der Waals surface area (Å²) in [6.07, 6.45) is 0.732. The second kappa shape index (κ2) is 7.46. The molecule has 0 spiro atoms. The molecule has 0 aliphatic carbocycles. The molecule has 2 heterocycles. The molecule has 0 radical (unpaired) electrons. The fourth-order valence-electron chi connectivity index (χ4n) is 2.28. The van der Waals surface area contributed by atoms with Crippen molar-refractivity contribution >= 4 is 11.8 Å². The van der Waals surface area contributed by atoms with Crippen LogP contribution in [0.4, 0.5) is 10.6 Å². The van der Waals surface area contributed by atoms with E-state index in [0.29, 0.717) is 23.5 Å². The van der Waals surface area contributed by atoms with E-state index in [-0.39, 0.29) is 18.6 Å². The summed E-state index contributed by atoms with van der Waals surface area (Å²) in [6, 6.07) is 1.77. The Morgan fingerprint density at radius 2 is 2.08 bits per heavy atom. The van der Waals surface area contributed by atoms with Crippen LogP contribution in [-0.4, -0.2) is 37.9 Å². The van der Waals surface area contributed by atoms with Crippen molar-refractivity contribution in [2.75, 3.05) is 12.4 Å². The summed E-state index contributed by atoms with van der Waals surface area (Å²) in [5.41, 5.74) is 0.859. The number of amides is 2. The number of hydrogen-bond donors (Lipinski definition) is 1. The predicted molar refractivity (Wildman–Crippen MR) is 90.7 cm³/mol. The number of carbonyl (C=O) groups is 1. The quantitative estimate of drug-likeness (QED) is 0.877. The first-order chi connectivity index (χ1) is 11.3. The molecule has 1 N–H and O–H groups in total. The number of anilines is 1. The lowest BCUT2D eigenvalue weighted by Gasteiger charge is -2.17. The molecule has 0 unspecified atom stereocenters. The number of aromatic nitrogens is 4. The van der Waals surface area contributed by atoms with Crippen LogP contribution in [-0.2, 0) is 13.0 Å². The molecule has 0 aliphatic heterocycles. The van der Waals surface area contributed by atoms with Gasteiger partial charge in [-0.05, 0) is 26.7 Å². The number of hydrogen-bond acceptors (Lipinski definition) is 5. The topological polar surface area (TPSA) is 89.1 Å². The van der Waals surface area contributed by atoms with Gasteiger partial charge in [0, 0.05) is 25.6 Å². The zero-order valence-corrected chi connectivity index (χ0v) is 15.2. The largest absolute Gasteiger partial charge is 0.339 e. The van der Waals surface area contributed by atoms with Crippen molar-refractivity contribution in [1.82, 2.24) is 24.8 Å². The van der Waals surface area contributed by atoms with Gasteiger partial charge in [-0.1, -0.05) is 19.0 Å². The number of urea groups is 1.